The molecule has 1 aromatic heterocycles. The van der Waals surface area contributed by atoms with Crippen molar-refractivity contribution in [2.45, 2.75) is 52.0 Å². The zero-order valence-corrected chi connectivity index (χ0v) is 13.6. The minimum Gasteiger partial charge on any atom is -0.271 e. The molecule has 1 fully saturated rings. The molecule has 3 N–H and O–H groups in total. The van der Waals surface area contributed by atoms with E-state index >= 15 is 0 Å². The smallest absolute Gasteiger partial charge is 0.0287 e. The van der Waals surface area contributed by atoms with E-state index in [-0.39, 0.29) is 0 Å². The van der Waals surface area contributed by atoms with E-state index in [2.05, 4.69) is 46.6 Å². The normalized spacial score (nSPS) is 22.0. The Morgan fingerprint density at radius 2 is 2.17 bits per heavy atom. The molecule has 1 aliphatic rings. The van der Waals surface area contributed by atoms with Crippen LogP contribution in [0, 0.1) is 11.3 Å². The van der Waals surface area contributed by atoms with Crippen LogP contribution < -0.4 is 11.3 Å². The van der Waals surface area contributed by atoms with Gasteiger partial charge in [0, 0.05) is 20.8 Å². The van der Waals surface area contributed by atoms with Crippen LogP contribution in [0.4, 0.5) is 0 Å². The Morgan fingerprint density at radius 1 is 1.50 bits per heavy atom. The van der Waals surface area contributed by atoms with Crippen molar-refractivity contribution in [3.05, 3.63) is 20.8 Å². The fourth-order valence-electron chi connectivity index (χ4n) is 2.86. The Labute approximate surface area is 122 Å². The fraction of sp³-hybridized carbons (Fsp3) is 0.714. The molecule has 1 aliphatic carbocycles. The summed E-state index contributed by atoms with van der Waals surface area (Å²) in [6, 6.07) is 2.63. The zero-order valence-electron chi connectivity index (χ0n) is 11.2. The van der Waals surface area contributed by atoms with Crippen molar-refractivity contribution in [2.75, 3.05) is 0 Å². The molecule has 1 atom stereocenters. The summed E-state index contributed by atoms with van der Waals surface area (Å²) in [6.07, 6.45) is 6.30. The van der Waals surface area contributed by atoms with Crippen LogP contribution >= 0.6 is 27.3 Å². The van der Waals surface area contributed by atoms with Gasteiger partial charge in [0.05, 0.1) is 0 Å². The van der Waals surface area contributed by atoms with Crippen molar-refractivity contribution >= 4 is 27.3 Å². The van der Waals surface area contributed by atoms with Crippen LogP contribution in [0.3, 0.4) is 0 Å². The molecule has 2 nitrogen and oxygen atoms in total. The topological polar surface area (TPSA) is 38.0 Å². The molecule has 0 saturated heterocycles. The molecular weight excluding hydrogens is 308 g/mol. The van der Waals surface area contributed by atoms with E-state index in [0.29, 0.717) is 11.5 Å². The number of hydrogen-bond acceptors (Lipinski definition) is 3. The van der Waals surface area contributed by atoms with Gasteiger partial charge in [-0.15, -0.1) is 11.3 Å². The van der Waals surface area contributed by atoms with Gasteiger partial charge >= 0.3 is 0 Å². The summed E-state index contributed by atoms with van der Waals surface area (Å²) in [6.45, 7) is 4.76. The van der Waals surface area contributed by atoms with Crippen molar-refractivity contribution in [2.24, 2.45) is 17.2 Å². The maximum Gasteiger partial charge on any atom is 0.0287 e. The van der Waals surface area contributed by atoms with Crippen molar-refractivity contribution in [3.63, 3.8) is 0 Å². The Morgan fingerprint density at radius 3 is 2.67 bits per heavy atom. The lowest BCUT2D eigenvalue weighted by Crippen LogP contribution is -2.44. The van der Waals surface area contributed by atoms with Crippen molar-refractivity contribution in [1.29, 1.82) is 0 Å². The second-order valence-electron chi connectivity index (χ2n) is 6.21. The molecule has 0 radical (unpaired) electrons. The minimum absolute atomic E-state index is 0.423. The van der Waals surface area contributed by atoms with Gasteiger partial charge in [0.25, 0.3) is 0 Å². The van der Waals surface area contributed by atoms with E-state index < -0.39 is 0 Å². The summed E-state index contributed by atoms with van der Waals surface area (Å²) in [4.78, 5) is 1.41. The predicted molar refractivity (Wildman–Crippen MR) is 82.6 cm³/mol. The van der Waals surface area contributed by atoms with Gasteiger partial charge < -0.3 is 0 Å². The molecule has 0 aliphatic heterocycles. The Bertz CT molecular complexity index is 379. The lowest BCUT2D eigenvalue weighted by molar-refractivity contribution is 0.161. The summed E-state index contributed by atoms with van der Waals surface area (Å²) in [5.41, 5.74) is 3.58. The third-order valence-corrected chi connectivity index (χ3v) is 5.93. The lowest BCUT2D eigenvalue weighted by Gasteiger charge is -2.37. The molecule has 4 heteroatoms. The van der Waals surface area contributed by atoms with Crippen LogP contribution in [0.2, 0.25) is 0 Å². The van der Waals surface area contributed by atoms with Crippen LogP contribution in [0.1, 0.15) is 44.4 Å². The van der Waals surface area contributed by atoms with Crippen molar-refractivity contribution in [1.82, 2.24) is 5.43 Å². The summed E-state index contributed by atoms with van der Waals surface area (Å²) in [5.74, 6) is 6.49. The number of thiophene rings is 1. The molecular formula is C14H23BrN2S. The first-order valence-electron chi connectivity index (χ1n) is 6.69. The average molecular weight is 331 g/mol. The van der Waals surface area contributed by atoms with E-state index in [1.165, 1.54) is 35.0 Å². The molecule has 18 heavy (non-hydrogen) atoms. The molecule has 102 valence electrons. The molecule has 1 aromatic rings. The van der Waals surface area contributed by atoms with Gasteiger partial charge in [0.15, 0.2) is 0 Å². The number of nitrogens with two attached hydrogens (primary N) is 1. The van der Waals surface area contributed by atoms with Gasteiger partial charge in [-0.1, -0.05) is 13.8 Å². The van der Waals surface area contributed by atoms with Crippen molar-refractivity contribution < 1.29 is 0 Å². The summed E-state index contributed by atoms with van der Waals surface area (Å²) in [7, 11) is 0. The maximum atomic E-state index is 5.77. The summed E-state index contributed by atoms with van der Waals surface area (Å²) < 4.78 is 1.18. The van der Waals surface area contributed by atoms with E-state index in [1.54, 1.807) is 0 Å². The third kappa shape index (κ3) is 3.80. The first kappa shape index (κ1) is 14.5. The van der Waals surface area contributed by atoms with E-state index in [0.717, 1.165) is 12.3 Å². The number of halogens is 1. The Balaban J connectivity index is 1.93. The maximum absolute atomic E-state index is 5.77. The van der Waals surface area contributed by atoms with Gasteiger partial charge in [-0.05, 0) is 65.4 Å². The van der Waals surface area contributed by atoms with Crippen LogP contribution in [0.5, 0.6) is 0 Å². The lowest BCUT2D eigenvalue weighted by atomic mass is 9.71. The third-order valence-electron chi connectivity index (χ3n) is 4.21. The first-order valence-corrected chi connectivity index (χ1v) is 8.36. The average Bonchev–Trinajstić information content (AvgIpc) is 2.72. The summed E-state index contributed by atoms with van der Waals surface area (Å²) >= 11 is 5.33. The highest BCUT2D eigenvalue weighted by atomic mass is 79.9. The molecule has 0 bridgehead atoms. The van der Waals surface area contributed by atoms with Crippen LogP contribution in [0.15, 0.2) is 15.9 Å². The van der Waals surface area contributed by atoms with Crippen molar-refractivity contribution in [3.8, 4) is 0 Å². The second-order valence-corrected chi connectivity index (χ2v) is 8.12. The monoisotopic (exact) mass is 330 g/mol. The predicted octanol–water partition coefficient (Wildman–Crippen LogP) is 4.10. The molecule has 1 unspecified atom stereocenters. The van der Waals surface area contributed by atoms with Gasteiger partial charge in [-0.2, -0.15) is 0 Å². The molecule has 1 saturated carbocycles. The number of hydrogen-bond donors (Lipinski definition) is 2. The number of nitrogens with one attached hydrogen (secondary N) is 1. The largest absolute Gasteiger partial charge is 0.271 e. The van der Waals surface area contributed by atoms with E-state index in [9.17, 15) is 0 Å². The van der Waals surface area contributed by atoms with Gasteiger partial charge in [0.2, 0.25) is 0 Å². The molecule has 2 rings (SSSR count). The SMILES string of the molecule is CC1(C)CCC(C(Cc2cc(Br)cs2)NN)CC1. The van der Waals surface area contributed by atoms with Crippen LogP contribution in [0.25, 0.3) is 0 Å². The molecule has 0 amide bonds. The molecule has 0 aromatic carbocycles. The highest BCUT2D eigenvalue weighted by molar-refractivity contribution is 9.10. The van der Waals surface area contributed by atoms with Gasteiger partial charge in [-0.25, -0.2) is 0 Å². The van der Waals surface area contributed by atoms with E-state index in [4.69, 9.17) is 5.84 Å². The van der Waals surface area contributed by atoms with E-state index in [1.807, 2.05) is 11.3 Å². The highest BCUT2D eigenvalue weighted by Crippen LogP contribution is 2.39. The van der Waals surface area contributed by atoms with Gasteiger partial charge in [-0.3, -0.25) is 11.3 Å². The Hall–Kier alpha value is 0.1000. The highest BCUT2D eigenvalue weighted by Gasteiger charge is 2.31. The molecule has 0 spiro atoms. The minimum atomic E-state index is 0.423. The number of rotatable bonds is 4. The van der Waals surface area contributed by atoms with Crippen LogP contribution in [-0.4, -0.2) is 6.04 Å². The quantitative estimate of drug-likeness (QED) is 0.644. The number of hydrazine groups is 1. The zero-order chi connectivity index (χ0) is 13.2. The molecule has 1 heterocycles. The van der Waals surface area contributed by atoms with Crippen LogP contribution in [-0.2, 0) is 6.42 Å². The van der Waals surface area contributed by atoms with Gasteiger partial charge in [0.1, 0.15) is 0 Å². The standard InChI is InChI=1S/C14H23BrN2S/c1-14(2)5-3-10(4-6-14)13(17-16)8-12-7-11(15)9-18-12/h7,9-10,13,17H,3-6,8,16H2,1-2H3. The first-order chi connectivity index (χ1) is 8.50. The summed E-state index contributed by atoms with van der Waals surface area (Å²) in [5, 5.41) is 2.15. The Kier molecular flexibility index (Phi) is 4.86. The second kappa shape index (κ2) is 6.04. The fourth-order valence-corrected chi connectivity index (χ4v) is 4.37.